The Morgan fingerprint density at radius 3 is 2.52 bits per heavy atom. The van der Waals surface area contributed by atoms with Crippen LogP contribution < -0.4 is 15.1 Å². The first-order valence-corrected chi connectivity index (χ1v) is 8.97. The van der Waals surface area contributed by atoms with E-state index in [-0.39, 0.29) is 11.9 Å². The van der Waals surface area contributed by atoms with Crippen LogP contribution in [-0.2, 0) is 17.5 Å². The summed E-state index contributed by atoms with van der Waals surface area (Å²) in [4.78, 5) is 14.7. The molecule has 1 atom stereocenters. The van der Waals surface area contributed by atoms with Crippen LogP contribution in [0.2, 0.25) is 0 Å². The number of hydrogen-bond acceptors (Lipinski definition) is 1. The number of carbonyl (C=O) groups is 1. The van der Waals surface area contributed by atoms with Crippen molar-refractivity contribution in [3.05, 3.63) is 35.4 Å². The summed E-state index contributed by atoms with van der Waals surface area (Å²) in [6.07, 6.45) is -2.12. The highest BCUT2D eigenvalue weighted by atomic mass is 19.4. The molecule has 0 spiro atoms. The van der Waals surface area contributed by atoms with Gasteiger partial charge in [0.1, 0.15) is 32.7 Å². The second-order valence-corrected chi connectivity index (χ2v) is 7.29. The number of hydrogen-bond donors (Lipinski definition) is 3. The molecule has 1 saturated carbocycles. The number of halogens is 3. The Kier molecular flexibility index (Phi) is 5.34. The lowest BCUT2D eigenvalue weighted by molar-refractivity contribution is -1.02. The molecule has 0 aromatic heterocycles. The van der Waals surface area contributed by atoms with Crippen LogP contribution in [0.5, 0.6) is 0 Å². The zero-order chi connectivity index (χ0) is 18.0. The fourth-order valence-corrected chi connectivity index (χ4v) is 3.42. The number of benzene rings is 1. The lowest BCUT2D eigenvalue weighted by atomic mass is 10.1. The van der Waals surface area contributed by atoms with Crippen molar-refractivity contribution < 1.29 is 27.8 Å². The largest absolute Gasteiger partial charge is 0.416 e. The number of piperazine rings is 1. The number of quaternary nitrogens is 2. The average Bonchev–Trinajstić information content (AvgIpc) is 3.38. The maximum Gasteiger partial charge on any atom is 0.416 e. The summed E-state index contributed by atoms with van der Waals surface area (Å²) in [5, 5.41) is 3.05. The van der Waals surface area contributed by atoms with Crippen LogP contribution in [0.15, 0.2) is 24.3 Å². The van der Waals surface area contributed by atoms with Gasteiger partial charge < -0.3 is 15.1 Å². The molecule has 1 aromatic rings. The molecule has 0 bridgehead atoms. The fraction of sp³-hybridized carbons (Fsp3) is 0.611. The van der Waals surface area contributed by atoms with Crippen LogP contribution in [0.25, 0.3) is 0 Å². The monoisotopic (exact) mass is 357 g/mol. The van der Waals surface area contributed by atoms with E-state index in [0.717, 1.165) is 45.1 Å². The molecule has 138 valence electrons. The summed E-state index contributed by atoms with van der Waals surface area (Å²) in [6.45, 7) is 6.03. The van der Waals surface area contributed by atoms with Crippen LogP contribution in [0.3, 0.4) is 0 Å². The maximum atomic E-state index is 12.8. The Labute approximate surface area is 146 Å². The fourth-order valence-electron chi connectivity index (χ4n) is 3.42. The van der Waals surface area contributed by atoms with Gasteiger partial charge in [0.25, 0.3) is 5.91 Å². The molecule has 4 nitrogen and oxygen atoms in total. The molecular weight excluding hydrogens is 331 g/mol. The Balaban J connectivity index is 1.50. The smallest absolute Gasteiger partial charge is 0.348 e. The summed E-state index contributed by atoms with van der Waals surface area (Å²) in [7, 11) is 0. The minimum Gasteiger partial charge on any atom is -0.348 e. The van der Waals surface area contributed by atoms with Gasteiger partial charge in [-0.05, 0) is 31.9 Å². The van der Waals surface area contributed by atoms with Crippen molar-refractivity contribution in [2.45, 2.75) is 44.6 Å². The molecule has 25 heavy (non-hydrogen) atoms. The van der Waals surface area contributed by atoms with E-state index in [1.807, 2.05) is 6.92 Å². The second-order valence-electron chi connectivity index (χ2n) is 7.29. The van der Waals surface area contributed by atoms with Crippen molar-refractivity contribution in [1.29, 1.82) is 0 Å². The van der Waals surface area contributed by atoms with Crippen molar-refractivity contribution in [3.63, 3.8) is 0 Å². The van der Waals surface area contributed by atoms with Gasteiger partial charge in [-0.3, -0.25) is 4.79 Å². The van der Waals surface area contributed by atoms with E-state index in [1.54, 1.807) is 6.07 Å². The topological polar surface area (TPSA) is 38.0 Å². The van der Waals surface area contributed by atoms with E-state index >= 15 is 0 Å². The van der Waals surface area contributed by atoms with Gasteiger partial charge in [0.2, 0.25) is 0 Å². The quantitative estimate of drug-likeness (QED) is 0.663. The highest BCUT2D eigenvalue weighted by Crippen LogP contribution is 2.29. The molecule has 2 fully saturated rings. The third-order valence-corrected chi connectivity index (χ3v) is 5.24. The van der Waals surface area contributed by atoms with Gasteiger partial charge in [0, 0.05) is 11.6 Å². The molecule has 1 saturated heterocycles. The summed E-state index contributed by atoms with van der Waals surface area (Å²) in [5.41, 5.74) is 0.131. The Bertz CT molecular complexity index is 608. The predicted octanol–water partition coefficient (Wildman–Crippen LogP) is -0.344. The third kappa shape index (κ3) is 4.95. The van der Waals surface area contributed by atoms with Gasteiger partial charge in [0.15, 0.2) is 6.04 Å². The lowest BCUT2D eigenvalue weighted by Gasteiger charge is -2.32. The first kappa shape index (κ1) is 18.2. The van der Waals surface area contributed by atoms with E-state index < -0.39 is 11.7 Å². The van der Waals surface area contributed by atoms with Gasteiger partial charge in [-0.25, -0.2) is 0 Å². The minimum atomic E-state index is -4.29. The Morgan fingerprint density at radius 1 is 1.24 bits per heavy atom. The molecule has 1 aliphatic heterocycles. The molecule has 1 heterocycles. The average molecular weight is 357 g/mol. The van der Waals surface area contributed by atoms with Gasteiger partial charge in [0.05, 0.1) is 5.56 Å². The first-order chi connectivity index (χ1) is 11.8. The SMILES string of the molecule is C[C@@H](C(=O)NC1CC1)[NH+]1CC[NH+](Cc2cccc(C(F)(F)F)c2)CC1. The summed E-state index contributed by atoms with van der Waals surface area (Å²) in [5.74, 6) is 0.124. The molecule has 3 N–H and O–H groups in total. The summed E-state index contributed by atoms with van der Waals surface area (Å²) in [6, 6.07) is 5.91. The summed E-state index contributed by atoms with van der Waals surface area (Å²) < 4.78 is 38.4. The van der Waals surface area contributed by atoms with Gasteiger partial charge in [-0.2, -0.15) is 13.2 Å². The number of amides is 1. The Morgan fingerprint density at radius 2 is 1.92 bits per heavy atom. The molecule has 2 aliphatic rings. The van der Waals surface area contributed by atoms with Gasteiger partial charge in [-0.1, -0.05) is 12.1 Å². The van der Waals surface area contributed by atoms with E-state index in [9.17, 15) is 18.0 Å². The van der Waals surface area contributed by atoms with Gasteiger partial charge >= 0.3 is 6.18 Å². The van der Waals surface area contributed by atoms with Crippen molar-refractivity contribution in [2.75, 3.05) is 26.2 Å². The molecule has 1 amide bonds. The lowest BCUT2D eigenvalue weighted by Crippen LogP contribution is -3.29. The normalized spacial score (nSPS) is 25.4. The van der Waals surface area contributed by atoms with Crippen LogP contribution in [0.1, 0.15) is 30.9 Å². The zero-order valence-electron chi connectivity index (χ0n) is 14.5. The first-order valence-electron chi connectivity index (χ1n) is 8.97. The van der Waals surface area contributed by atoms with Crippen molar-refractivity contribution in [1.82, 2.24) is 5.32 Å². The van der Waals surface area contributed by atoms with Gasteiger partial charge in [-0.15, -0.1) is 0 Å². The highest BCUT2D eigenvalue weighted by molar-refractivity contribution is 5.80. The molecule has 0 unspecified atom stereocenters. The van der Waals surface area contributed by atoms with E-state index in [4.69, 9.17) is 0 Å². The zero-order valence-corrected chi connectivity index (χ0v) is 14.5. The third-order valence-electron chi connectivity index (χ3n) is 5.24. The maximum absolute atomic E-state index is 12.8. The van der Waals surface area contributed by atoms with E-state index in [0.29, 0.717) is 18.2 Å². The molecule has 1 aromatic carbocycles. The standard InChI is InChI=1S/C18H24F3N3O/c1-13(17(25)22-16-5-6-16)24-9-7-23(8-10-24)12-14-3-2-4-15(11-14)18(19,20)21/h2-4,11,13,16H,5-10,12H2,1H3,(H,22,25)/p+2/t13-/m0/s1. The predicted molar refractivity (Wildman–Crippen MR) is 87.2 cm³/mol. The molecule has 0 radical (unpaired) electrons. The van der Waals surface area contributed by atoms with Crippen molar-refractivity contribution in [3.8, 4) is 0 Å². The number of rotatable bonds is 5. The number of carbonyl (C=O) groups excluding carboxylic acids is 1. The molecular formula is C18H26F3N3O+2. The molecule has 1 aliphatic carbocycles. The van der Waals surface area contributed by atoms with Crippen LogP contribution in [0.4, 0.5) is 13.2 Å². The minimum absolute atomic E-state index is 0.0595. The Hall–Kier alpha value is -1.60. The highest BCUT2D eigenvalue weighted by Gasteiger charge is 2.34. The number of nitrogens with one attached hydrogen (secondary N) is 3. The second kappa shape index (κ2) is 7.33. The van der Waals surface area contributed by atoms with Crippen molar-refractivity contribution >= 4 is 5.91 Å². The van der Waals surface area contributed by atoms with E-state index in [2.05, 4.69) is 5.32 Å². The molecule has 3 rings (SSSR count). The van der Waals surface area contributed by atoms with Crippen molar-refractivity contribution in [2.24, 2.45) is 0 Å². The molecule has 7 heteroatoms. The van der Waals surface area contributed by atoms with E-state index in [1.165, 1.54) is 21.9 Å². The van der Waals surface area contributed by atoms with Crippen LogP contribution >= 0.6 is 0 Å². The summed E-state index contributed by atoms with van der Waals surface area (Å²) >= 11 is 0. The number of alkyl halides is 3. The van der Waals surface area contributed by atoms with Crippen LogP contribution in [0, 0.1) is 0 Å². The van der Waals surface area contributed by atoms with Crippen LogP contribution in [-0.4, -0.2) is 44.2 Å².